The summed E-state index contributed by atoms with van der Waals surface area (Å²) in [5.74, 6) is 2.12. The highest BCUT2D eigenvalue weighted by Crippen LogP contribution is 2.37. The zero-order valence-electron chi connectivity index (χ0n) is 44.7. The van der Waals surface area contributed by atoms with Gasteiger partial charge in [-0.15, -0.1) is 11.3 Å². The fraction of sp³-hybridized carbons (Fsp3) is 0.397. The van der Waals surface area contributed by atoms with Crippen LogP contribution in [-0.4, -0.2) is 18.2 Å². The van der Waals surface area contributed by atoms with Crippen LogP contribution in [0, 0.1) is 10.8 Å². The molecule has 68 heavy (non-hydrogen) atoms. The van der Waals surface area contributed by atoms with E-state index < -0.39 is 0 Å². The predicted octanol–water partition coefficient (Wildman–Crippen LogP) is 19.2. The van der Waals surface area contributed by atoms with Crippen molar-refractivity contribution in [2.75, 3.05) is 13.2 Å². The second-order valence-corrected chi connectivity index (χ2v) is 24.7. The molecule has 0 saturated heterocycles. The molecule has 3 aromatic heterocycles. The van der Waals surface area contributed by atoms with E-state index in [2.05, 4.69) is 201 Å². The van der Waals surface area contributed by atoms with Crippen molar-refractivity contribution in [3.8, 4) is 11.5 Å². The fourth-order valence-corrected chi connectivity index (χ4v) is 8.22. The third-order valence-electron chi connectivity index (χ3n) is 10.1. The first kappa shape index (κ1) is 55.1. The second-order valence-electron chi connectivity index (χ2n) is 23.7. The molecule has 0 atom stereocenters. The van der Waals surface area contributed by atoms with Crippen LogP contribution in [0.15, 0.2) is 150 Å². The molecule has 8 aromatic rings. The molecule has 0 aliphatic carbocycles. The number of H-pyrrole nitrogens is 1. The number of hydrogen-bond acceptors (Lipinski definition) is 4. The van der Waals surface area contributed by atoms with Crippen LogP contribution in [0.3, 0.4) is 0 Å². The second kappa shape index (κ2) is 24.2. The van der Waals surface area contributed by atoms with Crippen LogP contribution in [-0.2, 0) is 22.7 Å². The van der Waals surface area contributed by atoms with Crippen LogP contribution in [0.4, 0.5) is 0 Å². The Morgan fingerprint density at radius 2 is 1.09 bits per heavy atom. The van der Waals surface area contributed by atoms with Crippen LogP contribution in [0.1, 0.15) is 146 Å². The SMILES string of the molecule is C1=Cc2ccccc2OC1.CC(C)(C)C.CC(C)(C)C.CC(C)(C)c1cccc2[nH]ccc12.CC(C)(C)c1cccc2c1OCC2.CC(C)(C)c1cccc2ccsc12.c1ccc2occc2c1. The molecule has 4 nitrogen and oxygen atoms in total. The molecule has 2 aliphatic rings. The van der Waals surface area contributed by atoms with Crippen molar-refractivity contribution in [2.45, 2.75) is 140 Å². The maximum absolute atomic E-state index is 5.66. The van der Waals surface area contributed by atoms with E-state index in [0.29, 0.717) is 17.4 Å². The average Bonchev–Trinajstić information content (AvgIpc) is 4.09. The molecule has 0 spiro atoms. The Bertz CT molecular complexity index is 2620. The molecule has 364 valence electrons. The smallest absolute Gasteiger partial charge is 0.133 e. The van der Waals surface area contributed by atoms with E-state index in [9.17, 15) is 0 Å². The number of aromatic nitrogens is 1. The zero-order chi connectivity index (χ0) is 50.3. The molecule has 0 unspecified atom stereocenters. The van der Waals surface area contributed by atoms with Gasteiger partial charge in [0.05, 0.1) is 12.9 Å². The molecule has 0 amide bonds. The average molecular weight is 934 g/mol. The first-order chi connectivity index (χ1) is 31.7. The molecule has 0 saturated carbocycles. The van der Waals surface area contributed by atoms with E-state index in [0.717, 1.165) is 35.5 Å². The Labute approximate surface area is 415 Å². The largest absolute Gasteiger partial charge is 0.493 e. The molecule has 1 N–H and O–H groups in total. The van der Waals surface area contributed by atoms with Gasteiger partial charge in [0.15, 0.2) is 0 Å². The summed E-state index contributed by atoms with van der Waals surface area (Å²) in [5.41, 5.74) is 10.6. The number of aromatic amines is 1. The van der Waals surface area contributed by atoms with Gasteiger partial charge in [0.2, 0.25) is 0 Å². The minimum atomic E-state index is 0.190. The lowest BCUT2D eigenvalue weighted by atomic mass is 9.85. The standard InChI is InChI=1S/C12H15N.C12H16O.C12H14S.C9H8O.C8H6O.2C5H12/c1-12(2,3)10-5-4-6-11-9(10)7-8-13-11;2*1-12(2,3)10-6-4-5-9-7-8-13-11(9)10;1-2-6-9-8(4-1)5-3-7-10-9;1-2-4-8-7(3-1)5-6-9-8;2*1-5(2,3)4/h4-8,13H,1-3H3;4-6H,7-8H2,1-3H3;4-8H,1-3H3;1-6H,7H2;1-6H;2*1-4H3. The first-order valence-electron chi connectivity index (χ1n) is 24.3. The summed E-state index contributed by atoms with van der Waals surface area (Å²) in [7, 11) is 0. The van der Waals surface area contributed by atoms with E-state index in [1.54, 1.807) is 6.26 Å². The topological polar surface area (TPSA) is 47.4 Å². The molecule has 5 aromatic carbocycles. The molecule has 10 rings (SSSR count). The van der Waals surface area contributed by atoms with Gasteiger partial charge in [0.1, 0.15) is 23.7 Å². The fourth-order valence-electron chi connectivity index (χ4n) is 7.10. The summed E-state index contributed by atoms with van der Waals surface area (Å²) >= 11 is 1.84. The molecular formula is C63H83NO3S. The normalized spacial score (nSPS) is 12.8. The lowest BCUT2D eigenvalue weighted by molar-refractivity contribution is 0.347. The maximum atomic E-state index is 5.66. The number of fused-ring (bicyclic) bond motifs is 5. The molecule has 5 heterocycles. The van der Waals surface area contributed by atoms with E-state index in [1.165, 1.54) is 48.8 Å². The zero-order valence-corrected chi connectivity index (χ0v) is 45.5. The number of ether oxygens (including phenoxy) is 2. The van der Waals surface area contributed by atoms with Crippen LogP contribution in [0.5, 0.6) is 11.5 Å². The quantitative estimate of drug-likeness (QED) is 0.165. The van der Waals surface area contributed by atoms with E-state index >= 15 is 0 Å². The van der Waals surface area contributed by atoms with Crippen molar-refractivity contribution in [1.82, 2.24) is 4.98 Å². The van der Waals surface area contributed by atoms with E-state index in [-0.39, 0.29) is 16.2 Å². The van der Waals surface area contributed by atoms with E-state index in [1.807, 2.05) is 78.2 Å². The van der Waals surface area contributed by atoms with Crippen molar-refractivity contribution >= 4 is 49.4 Å². The van der Waals surface area contributed by atoms with Crippen molar-refractivity contribution in [1.29, 1.82) is 0 Å². The van der Waals surface area contributed by atoms with Crippen molar-refractivity contribution < 1.29 is 13.9 Å². The van der Waals surface area contributed by atoms with Gasteiger partial charge in [-0.3, -0.25) is 0 Å². The molecule has 5 heteroatoms. The number of thiophene rings is 1. The number of hydrogen-bond donors (Lipinski definition) is 1. The highest BCUT2D eigenvalue weighted by molar-refractivity contribution is 7.17. The van der Waals surface area contributed by atoms with Gasteiger partial charge in [0, 0.05) is 39.2 Å². The molecule has 0 bridgehead atoms. The van der Waals surface area contributed by atoms with Crippen molar-refractivity contribution in [3.05, 3.63) is 173 Å². The van der Waals surface area contributed by atoms with Gasteiger partial charge in [0.25, 0.3) is 0 Å². The third kappa shape index (κ3) is 18.5. The molecule has 0 radical (unpaired) electrons. The number of benzene rings is 5. The number of rotatable bonds is 0. The minimum Gasteiger partial charge on any atom is -0.493 e. The predicted molar refractivity (Wildman–Crippen MR) is 299 cm³/mol. The summed E-state index contributed by atoms with van der Waals surface area (Å²) < 4.78 is 17.6. The summed E-state index contributed by atoms with van der Waals surface area (Å²) in [5, 5.41) is 6.05. The summed E-state index contributed by atoms with van der Waals surface area (Å²) in [6.45, 7) is 39.3. The van der Waals surface area contributed by atoms with Gasteiger partial charge in [-0.25, -0.2) is 0 Å². The van der Waals surface area contributed by atoms with Crippen molar-refractivity contribution in [2.24, 2.45) is 10.8 Å². The summed E-state index contributed by atoms with van der Waals surface area (Å²) in [6, 6.07) is 41.7. The first-order valence-corrected chi connectivity index (χ1v) is 25.2. The lowest BCUT2D eigenvalue weighted by Gasteiger charge is -2.21. The van der Waals surface area contributed by atoms with Crippen LogP contribution in [0.25, 0.3) is 38.0 Å². The van der Waals surface area contributed by atoms with Crippen LogP contribution >= 0.6 is 11.3 Å². The van der Waals surface area contributed by atoms with Crippen LogP contribution in [0.2, 0.25) is 0 Å². The molecular weight excluding hydrogens is 851 g/mol. The van der Waals surface area contributed by atoms with Gasteiger partial charge in [-0.2, -0.15) is 0 Å². The van der Waals surface area contributed by atoms with Gasteiger partial charge >= 0.3 is 0 Å². The van der Waals surface area contributed by atoms with Crippen molar-refractivity contribution in [3.63, 3.8) is 0 Å². The van der Waals surface area contributed by atoms with Crippen LogP contribution < -0.4 is 9.47 Å². The Balaban J connectivity index is 0.000000177. The lowest BCUT2D eigenvalue weighted by Crippen LogP contribution is -2.12. The van der Waals surface area contributed by atoms with Gasteiger partial charge in [-0.05, 0) is 103 Å². The maximum Gasteiger partial charge on any atom is 0.133 e. The van der Waals surface area contributed by atoms with E-state index in [4.69, 9.17) is 13.9 Å². The highest BCUT2D eigenvalue weighted by atomic mass is 32.1. The minimum absolute atomic E-state index is 0.190. The summed E-state index contributed by atoms with van der Waals surface area (Å²) in [4.78, 5) is 3.23. The molecule has 2 aliphatic heterocycles. The monoisotopic (exact) mass is 934 g/mol. The van der Waals surface area contributed by atoms with Gasteiger partial charge in [-0.1, -0.05) is 209 Å². The van der Waals surface area contributed by atoms with Gasteiger partial charge < -0.3 is 18.9 Å². The summed E-state index contributed by atoms with van der Waals surface area (Å²) in [6.07, 6.45) is 8.87. The number of furan rings is 1. The number of para-hydroxylation sites is 3. The Kier molecular flexibility index (Phi) is 19.6. The highest BCUT2D eigenvalue weighted by Gasteiger charge is 2.24. The third-order valence-corrected chi connectivity index (χ3v) is 11.1. The number of nitrogens with one attached hydrogen (secondary N) is 1. The Morgan fingerprint density at radius 3 is 1.74 bits per heavy atom. The molecule has 0 fully saturated rings. The Morgan fingerprint density at radius 1 is 0.515 bits per heavy atom. The Hall–Kier alpha value is -5.52.